The lowest BCUT2D eigenvalue weighted by atomic mass is 10.3. The average molecular weight is 263 g/mol. The van der Waals surface area contributed by atoms with E-state index in [0.717, 1.165) is 26.1 Å². The number of hydrogen-bond donors (Lipinski definition) is 0. The largest absolute Gasteiger partial charge is 0.472 e. The molecule has 2 rings (SSSR count). The highest BCUT2D eigenvalue weighted by Gasteiger charge is 2.29. The van der Waals surface area contributed by atoms with E-state index in [2.05, 4.69) is 4.98 Å². The summed E-state index contributed by atoms with van der Waals surface area (Å²) in [5, 5.41) is 0. The van der Waals surface area contributed by atoms with Crippen LogP contribution >= 0.6 is 0 Å². The van der Waals surface area contributed by atoms with E-state index >= 15 is 0 Å². The van der Waals surface area contributed by atoms with E-state index in [0.29, 0.717) is 12.4 Å². The molecule has 1 aromatic heterocycles. The van der Waals surface area contributed by atoms with Gasteiger partial charge < -0.3 is 14.5 Å². The van der Waals surface area contributed by atoms with Crippen LogP contribution in [-0.2, 0) is 0 Å². The minimum Gasteiger partial charge on any atom is -0.472 e. The summed E-state index contributed by atoms with van der Waals surface area (Å²) in [7, 11) is 0. The highest BCUT2D eigenvalue weighted by atomic mass is 16.5. The molecule has 1 aliphatic heterocycles. The lowest BCUT2D eigenvalue weighted by Crippen LogP contribution is -2.42. The molecule has 0 aliphatic carbocycles. The third kappa shape index (κ3) is 3.36. The summed E-state index contributed by atoms with van der Waals surface area (Å²) in [5.74, 6) is 0.629. The van der Waals surface area contributed by atoms with Crippen molar-refractivity contribution < 1.29 is 9.53 Å². The van der Waals surface area contributed by atoms with Crippen molar-refractivity contribution in [3.05, 3.63) is 24.4 Å². The van der Waals surface area contributed by atoms with Crippen LogP contribution in [0, 0.1) is 0 Å². The molecule has 0 N–H and O–H groups in total. The average Bonchev–Trinajstić information content (AvgIpc) is 2.89. The fourth-order valence-corrected chi connectivity index (χ4v) is 2.28. The molecule has 19 heavy (non-hydrogen) atoms. The first kappa shape index (κ1) is 13.6. The zero-order chi connectivity index (χ0) is 13.7. The smallest absolute Gasteiger partial charge is 0.320 e. The zero-order valence-corrected chi connectivity index (χ0v) is 11.6. The Kier molecular flexibility index (Phi) is 4.60. The zero-order valence-electron chi connectivity index (χ0n) is 11.6. The molecule has 1 aromatic rings. The van der Waals surface area contributed by atoms with Crippen LogP contribution in [-0.4, -0.2) is 53.1 Å². The molecule has 0 saturated carbocycles. The van der Waals surface area contributed by atoms with E-state index in [1.165, 1.54) is 0 Å². The maximum Gasteiger partial charge on any atom is 0.320 e. The number of carbonyl (C=O) groups is 1. The molecule has 5 nitrogen and oxygen atoms in total. The van der Waals surface area contributed by atoms with Crippen LogP contribution in [0.1, 0.15) is 20.3 Å². The predicted molar refractivity (Wildman–Crippen MR) is 73.2 cm³/mol. The van der Waals surface area contributed by atoms with Crippen molar-refractivity contribution in [1.82, 2.24) is 14.8 Å². The van der Waals surface area contributed by atoms with Crippen molar-refractivity contribution in [1.29, 1.82) is 0 Å². The molecule has 1 unspecified atom stereocenters. The third-order valence-electron chi connectivity index (χ3n) is 3.37. The number of hydrogen-bond acceptors (Lipinski definition) is 3. The SMILES string of the molecule is CCN(CC)C(=O)N1CCC(Oc2ccccn2)C1. The molecule has 0 aromatic carbocycles. The minimum absolute atomic E-state index is 0.0504. The molecule has 1 saturated heterocycles. The van der Waals surface area contributed by atoms with Gasteiger partial charge in [0, 0.05) is 38.3 Å². The number of likely N-dealkylation sites (tertiary alicyclic amines) is 1. The molecule has 1 fully saturated rings. The number of pyridine rings is 1. The molecule has 1 aliphatic rings. The topological polar surface area (TPSA) is 45.7 Å². The fourth-order valence-electron chi connectivity index (χ4n) is 2.28. The first-order valence-electron chi connectivity index (χ1n) is 6.86. The highest BCUT2D eigenvalue weighted by Crippen LogP contribution is 2.17. The third-order valence-corrected chi connectivity index (χ3v) is 3.37. The van der Waals surface area contributed by atoms with Crippen LogP contribution in [0.2, 0.25) is 0 Å². The van der Waals surface area contributed by atoms with Crippen LogP contribution in [0.4, 0.5) is 4.79 Å². The van der Waals surface area contributed by atoms with Gasteiger partial charge in [0.1, 0.15) is 6.10 Å². The van der Waals surface area contributed by atoms with E-state index in [4.69, 9.17) is 4.74 Å². The van der Waals surface area contributed by atoms with E-state index in [-0.39, 0.29) is 12.1 Å². The maximum absolute atomic E-state index is 12.2. The summed E-state index contributed by atoms with van der Waals surface area (Å²) in [6, 6.07) is 5.71. The quantitative estimate of drug-likeness (QED) is 0.834. The van der Waals surface area contributed by atoms with E-state index < -0.39 is 0 Å². The predicted octanol–water partition coefficient (Wildman–Crippen LogP) is 2.00. The van der Waals surface area contributed by atoms with Gasteiger partial charge in [-0.25, -0.2) is 9.78 Å². The van der Waals surface area contributed by atoms with Gasteiger partial charge >= 0.3 is 6.03 Å². The standard InChI is InChI=1S/C14H21N3O2/c1-3-16(4-2)14(18)17-10-8-12(11-17)19-13-7-5-6-9-15-13/h5-7,9,12H,3-4,8,10-11H2,1-2H3. The Morgan fingerprint density at radius 1 is 1.47 bits per heavy atom. The summed E-state index contributed by atoms with van der Waals surface area (Å²) < 4.78 is 5.78. The lowest BCUT2D eigenvalue weighted by Gasteiger charge is -2.25. The van der Waals surface area contributed by atoms with Crippen molar-refractivity contribution in [3.8, 4) is 5.88 Å². The number of carbonyl (C=O) groups excluding carboxylic acids is 1. The molecule has 0 radical (unpaired) electrons. The normalized spacial score (nSPS) is 18.4. The van der Waals surface area contributed by atoms with Crippen LogP contribution in [0.3, 0.4) is 0 Å². The molecule has 2 amide bonds. The molecular formula is C14H21N3O2. The number of urea groups is 1. The highest BCUT2D eigenvalue weighted by molar-refractivity contribution is 5.74. The van der Waals surface area contributed by atoms with Crippen molar-refractivity contribution in [2.75, 3.05) is 26.2 Å². The van der Waals surface area contributed by atoms with Gasteiger partial charge in [0.05, 0.1) is 6.54 Å². The molecule has 2 heterocycles. The first-order chi connectivity index (χ1) is 9.24. The Hall–Kier alpha value is -1.78. The summed E-state index contributed by atoms with van der Waals surface area (Å²) >= 11 is 0. The molecule has 0 bridgehead atoms. The fraction of sp³-hybridized carbons (Fsp3) is 0.571. The van der Waals surface area contributed by atoms with Crippen LogP contribution in [0.5, 0.6) is 5.88 Å². The first-order valence-corrected chi connectivity index (χ1v) is 6.86. The van der Waals surface area contributed by atoms with E-state index in [9.17, 15) is 4.79 Å². The second-order valence-corrected chi connectivity index (χ2v) is 4.60. The van der Waals surface area contributed by atoms with Gasteiger partial charge in [-0.2, -0.15) is 0 Å². The van der Waals surface area contributed by atoms with Crippen LogP contribution in [0.25, 0.3) is 0 Å². The molecule has 0 spiro atoms. The van der Waals surface area contributed by atoms with Gasteiger partial charge in [0.15, 0.2) is 0 Å². The summed E-state index contributed by atoms with van der Waals surface area (Å²) in [6.07, 6.45) is 2.63. The van der Waals surface area contributed by atoms with Gasteiger partial charge in [0.25, 0.3) is 0 Å². The van der Waals surface area contributed by atoms with Gasteiger partial charge in [-0.15, -0.1) is 0 Å². The van der Waals surface area contributed by atoms with Crippen LogP contribution < -0.4 is 4.74 Å². The summed E-state index contributed by atoms with van der Waals surface area (Å²) in [4.78, 5) is 20.0. The number of ether oxygens (including phenoxy) is 1. The monoisotopic (exact) mass is 263 g/mol. The Morgan fingerprint density at radius 3 is 2.89 bits per heavy atom. The number of amides is 2. The second kappa shape index (κ2) is 6.41. The van der Waals surface area contributed by atoms with Crippen molar-refractivity contribution in [2.24, 2.45) is 0 Å². The second-order valence-electron chi connectivity index (χ2n) is 4.60. The Balaban J connectivity index is 1.88. The van der Waals surface area contributed by atoms with Crippen molar-refractivity contribution >= 4 is 6.03 Å². The van der Waals surface area contributed by atoms with Gasteiger partial charge in [-0.1, -0.05) is 6.07 Å². The molecule has 5 heteroatoms. The summed E-state index contributed by atoms with van der Waals surface area (Å²) in [5.41, 5.74) is 0. The Morgan fingerprint density at radius 2 is 2.26 bits per heavy atom. The Bertz CT molecular complexity index is 406. The number of rotatable bonds is 4. The molecule has 1 atom stereocenters. The maximum atomic E-state index is 12.2. The number of nitrogens with zero attached hydrogens (tertiary/aromatic N) is 3. The van der Waals surface area contributed by atoms with Crippen molar-refractivity contribution in [2.45, 2.75) is 26.4 Å². The molecular weight excluding hydrogens is 242 g/mol. The molecule has 104 valence electrons. The lowest BCUT2D eigenvalue weighted by molar-refractivity contribution is 0.155. The van der Waals surface area contributed by atoms with Crippen molar-refractivity contribution in [3.63, 3.8) is 0 Å². The van der Waals surface area contributed by atoms with Gasteiger partial charge in [-0.05, 0) is 19.9 Å². The number of aromatic nitrogens is 1. The van der Waals surface area contributed by atoms with E-state index in [1.54, 1.807) is 6.20 Å². The van der Waals surface area contributed by atoms with Crippen LogP contribution in [0.15, 0.2) is 24.4 Å². The van der Waals surface area contributed by atoms with E-state index in [1.807, 2.05) is 41.8 Å². The summed E-state index contributed by atoms with van der Waals surface area (Å²) in [6.45, 7) is 6.90. The Labute approximate surface area is 114 Å². The van der Waals surface area contributed by atoms with Gasteiger partial charge in [0.2, 0.25) is 5.88 Å². The van der Waals surface area contributed by atoms with Gasteiger partial charge in [-0.3, -0.25) is 0 Å². The minimum atomic E-state index is 0.0504.